The fourth-order valence-electron chi connectivity index (χ4n) is 2.80. The summed E-state index contributed by atoms with van der Waals surface area (Å²) in [5, 5.41) is 3.48. The molecular formula is C17H26N2O2. The Hall–Kier alpha value is -1.71. The van der Waals surface area contributed by atoms with Crippen molar-refractivity contribution >= 4 is 17.3 Å². The van der Waals surface area contributed by atoms with Gasteiger partial charge >= 0.3 is 5.97 Å². The SMILES string of the molecule is COC(=O)CCCCCNc1ccc2c(c1)CCCN2C. The predicted molar refractivity (Wildman–Crippen MR) is 87.0 cm³/mol. The van der Waals surface area contributed by atoms with Gasteiger partial charge in [-0.1, -0.05) is 6.42 Å². The average Bonchev–Trinajstić information content (AvgIpc) is 2.50. The smallest absolute Gasteiger partial charge is 0.305 e. The zero-order valence-corrected chi connectivity index (χ0v) is 13.2. The number of nitrogens with one attached hydrogen (secondary N) is 1. The summed E-state index contributed by atoms with van der Waals surface area (Å²) in [5.74, 6) is -0.109. The Morgan fingerprint density at radius 2 is 2.19 bits per heavy atom. The van der Waals surface area contributed by atoms with Gasteiger partial charge in [0, 0.05) is 37.9 Å². The van der Waals surface area contributed by atoms with Crippen molar-refractivity contribution < 1.29 is 9.53 Å². The molecule has 0 saturated heterocycles. The molecule has 0 aliphatic carbocycles. The number of hydrogen-bond acceptors (Lipinski definition) is 4. The molecule has 1 aromatic rings. The van der Waals surface area contributed by atoms with Crippen LogP contribution < -0.4 is 10.2 Å². The minimum atomic E-state index is -0.109. The lowest BCUT2D eigenvalue weighted by Gasteiger charge is -2.27. The molecule has 4 heteroatoms. The van der Waals surface area contributed by atoms with Gasteiger partial charge in [-0.2, -0.15) is 0 Å². The molecule has 1 aliphatic rings. The van der Waals surface area contributed by atoms with Crippen molar-refractivity contribution in [1.82, 2.24) is 0 Å². The maximum atomic E-state index is 11.0. The number of methoxy groups -OCH3 is 1. The van der Waals surface area contributed by atoms with Crippen molar-refractivity contribution in [1.29, 1.82) is 0 Å². The maximum Gasteiger partial charge on any atom is 0.305 e. The van der Waals surface area contributed by atoms with Gasteiger partial charge in [0.05, 0.1) is 7.11 Å². The van der Waals surface area contributed by atoms with Gasteiger partial charge in [0.25, 0.3) is 0 Å². The maximum absolute atomic E-state index is 11.0. The van der Waals surface area contributed by atoms with Gasteiger partial charge in [0.1, 0.15) is 0 Å². The Balaban J connectivity index is 1.70. The van der Waals surface area contributed by atoms with E-state index in [4.69, 9.17) is 0 Å². The largest absolute Gasteiger partial charge is 0.469 e. The highest BCUT2D eigenvalue weighted by atomic mass is 16.5. The van der Waals surface area contributed by atoms with Crippen molar-refractivity contribution in [3.63, 3.8) is 0 Å². The summed E-state index contributed by atoms with van der Waals surface area (Å²) in [6.45, 7) is 2.11. The number of carbonyl (C=O) groups is 1. The molecule has 1 N–H and O–H groups in total. The Kier molecular flexibility index (Phi) is 5.90. The fraction of sp³-hybridized carbons (Fsp3) is 0.588. The number of anilines is 2. The standard InChI is InChI=1S/C17H26N2O2/c1-19-12-6-7-14-13-15(9-10-16(14)19)18-11-5-3-4-8-17(20)21-2/h9-10,13,18H,3-8,11-12H2,1-2H3. The van der Waals surface area contributed by atoms with Crippen LogP contribution in [0, 0.1) is 0 Å². The van der Waals surface area contributed by atoms with E-state index in [-0.39, 0.29) is 5.97 Å². The Bertz CT molecular complexity index is 474. The number of rotatable bonds is 7. The number of fused-ring (bicyclic) bond motifs is 1. The van der Waals surface area contributed by atoms with Crippen molar-refractivity contribution in [2.75, 3.05) is 37.5 Å². The van der Waals surface area contributed by atoms with Crippen LogP contribution in [0.2, 0.25) is 0 Å². The molecule has 21 heavy (non-hydrogen) atoms. The molecule has 1 aliphatic heterocycles. The van der Waals surface area contributed by atoms with Crippen LogP contribution >= 0.6 is 0 Å². The lowest BCUT2D eigenvalue weighted by Crippen LogP contribution is -2.24. The molecule has 116 valence electrons. The Labute approximate surface area is 127 Å². The predicted octanol–water partition coefficient (Wildman–Crippen LogP) is 3.21. The van der Waals surface area contributed by atoms with E-state index >= 15 is 0 Å². The number of carbonyl (C=O) groups excluding carboxylic acids is 1. The van der Waals surface area contributed by atoms with Gasteiger partial charge in [-0.25, -0.2) is 0 Å². The van der Waals surface area contributed by atoms with Crippen LogP contribution in [-0.4, -0.2) is 33.2 Å². The van der Waals surface area contributed by atoms with Gasteiger partial charge in [-0.15, -0.1) is 0 Å². The van der Waals surface area contributed by atoms with E-state index in [1.807, 2.05) is 0 Å². The zero-order chi connectivity index (χ0) is 15.1. The molecule has 0 unspecified atom stereocenters. The van der Waals surface area contributed by atoms with E-state index in [0.29, 0.717) is 6.42 Å². The highest BCUT2D eigenvalue weighted by molar-refractivity contribution is 5.69. The number of unbranched alkanes of at least 4 members (excludes halogenated alkanes) is 2. The van der Waals surface area contributed by atoms with E-state index in [1.54, 1.807) is 0 Å². The summed E-state index contributed by atoms with van der Waals surface area (Å²) in [7, 11) is 3.60. The fourth-order valence-corrected chi connectivity index (χ4v) is 2.80. The molecule has 0 saturated carbocycles. The number of aryl methyl sites for hydroxylation is 1. The van der Waals surface area contributed by atoms with Crippen LogP contribution in [0.15, 0.2) is 18.2 Å². The van der Waals surface area contributed by atoms with Crippen LogP contribution in [0.25, 0.3) is 0 Å². The summed E-state index contributed by atoms with van der Waals surface area (Å²) in [6.07, 6.45) is 5.98. The summed E-state index contributed by atoms with van der Waals surface area (Å²) in [6, 6.07) is 6.66. The van der Waals surface area contributed by atoms with Crippen molar-refractivity contribution in [2.24, 2.45) is 0 Å². The summed E-state index contributed by atoms with van der Waals surface area (Å²) >= 11 is 0. The van der Waals surface area contributed by atoms with Gasteiger partial charge in [-0.3, -0.25) is 4.79 Å². The second-order valence-electron chi connectivity index (χ2n) is 5.68. The molecule has 1 heterocycles. The lowest BCUT2D eigenvalue weighted by molar-refractivity contribution is -0.140. The molecule has 1 aromatic carbocycles. The topological polar surface area (TPSA) is 41.6 Å². The molecule has 0 atom stereocenters. The first-order chi connectivity index (χ1) is 10.2. The molecule has 0 spiro atoms. The highest BCUT2D eigenvalue weighted by Gasteiger charge is 2.13. The second-order valence-corrected chi connectivity index (χ2v) is 5.68. The van der Waals surface area contributed by atoms with Gasteiger partial charge < -0.3 is 15.0 Å². The first kappa shape index (κ1) is 15.7. The van der Waals surface area contributed by atoms with Crippen LogP contribution in [0.1, 0.15) is 37.7 Å². The monoisotopic (exact) mass is 290 g/mol. The van der Waals surface area contributed by atoms with Crippen LogP contribution in [0.4, 0.5) is 11.4 Å². The van der Waals surface area contributed by atoms with Crippen LogP contribution in [-0.2, 0) is 16.0 Å². The molecular weight excluding hydrogens is 264 g/mol. The van der Waals surface area contributed by atoms with Gasteiger partial charge in [-0.05, 0) is 49.4 Å². The minimum Gasteiger partial charge on any atom is -0.469 e. The number of esters is 1. The average molecular weight is 290 g/mol. The molecule has 0 radical (unpaired) electrons. The van der Waals surface area contributed by atoms with Crippen molar-refractivity contribution in [3.8, 4) is 0 Å². The van der Waals surface area contributed by atoms with Gasteiger partial charge in [0.15, 0.2) is 0 Å². The third-order valence-corrected chi connectivity index (χ3v) is 4.04. The number of nitrogens with zero attached hydrogens (tertiary/aromatic N) is 1. The summed E-state index contributed by atoms with van der Waals surface area (Å²) < 4.78 is 4.63. The minimum absolute atomic E-state index is 0.109. The van der Waals surface area contributed by atoms with E-state index in [0.717, 1.165) is 32.4 Å². The summed E-state index contributed by atoms with van der Waals surface area (Å²) in [4.78, 5) is 13.3. The van der Waals surface area contributed by atoms with E-state index in [2.05, 4.69) is 40.2 Å². The van der Waals surface area contributed by atoms with Crippen LogP contribution in [0.5, 0.6) is 0 Å². The lowest BCUT2D eigenvalue weighted by atomic mass is 10.0. The van der Waals surface area contributed by atoms with Gasteiger partial charge in [0.2, 0.25) is 0 Å². The number of hydrogen-bond donors (Lipinski definition) is 1. The molecule has 0 aromatic heterocycles. The Morgan fingerprint density at radius 3 is 3.00 bits per heavy atom. The second kappa shape index (κ2) is 7.91. The number of benzene rings is 1. The van der Waals surface area contributed by atoms with E-state index in [9.17, 15) is 4.79 Å². The normalized spacial score (nSPS) is 13.7. The Morgan fingerprint density at radius 1 is 1.33 bits per heavy atom. The zero-order valence-electron chi connectivity index (χ0n) is 13.2. The quantitative estimate of drug-likeness (QED) is 0.618. The van der Waals surface area contributed by atoms with Crippen molar-refractivity contribution in [2.45, 2.75) is 38.5 Å². The molecule has 0 bridgehead atoms. The molecule has 0 amide bonds. The van der Waals surface area contributed by atoms with E-state index in [1.165, 1.54) is 36.9 Å². The first-order valence-electron chi connectivity index (χ1n) is 7.85. The van der Waals surface area contributed by atoms with E-state index < -0.39 is 0 Å². The highest BCUT2D eigenvalue weighted by Crippen LogP contribution is 2.28. The molecule has 4 nitrogen and oxygen atoms in total. The number of ether oxygens (including phenoxy) is 1. The van der Waals surface area contributed by atoms with Crippen LogP contribution in [0.3, 0.4) is 0 Å². The third kappa shape index (κ3) is 4.66. The summed E-state index contributed by atoms with van der Waals surface area (Å²) in [5.41, 5.74) is 4.02. The third-order valence-electron chi connectivity index (χ3n) is 4.04. The molecule has 2 rings (SSSR count). The van der Waals surface area contributed by atoms with Crippen molar-refractivity contribution in [3.05, 3.63) is 23.8 Å². The molecule has 0 fully saturated rings. The first-order valence-corrected chi connectivity index (χ1v) is 7.85.